The minimum absolute atomic E-state index is 0.0896. The van der Waals surface area contributed by atoms with Crippen molar-refractivity contribution in [3.8, 4) is 11.5 Å². The highest BCUT2D eigenvalue weighted by Crippen LogP contribution is 2.17. The van der Waals surface area contributed by atoms with Gasteiger partial charge in [-0.3, -0.25) is 77.3 Å². The largest absolute Gasteiger partial charge is 0.508 e. The summed E-state index contributed by atoms with van der Waals surface area (Å²) in [5.74, 6) is -24.2. The molecule has 10 amide bonds. The van der Waals surface area contributed by atoms with E-state index in [0.717, 1.165) is 0 Å². The molecule has 26 N–H and O–H groups in total. The summed E-state index contributed by atoms with van der Waals surface area (Å²) in [6.45, 7) is 5.99. The quantitative estimate of drug-likeness (QED) is 0.0168. The van der Waals surface area contributed by atoms with Crippen molar-refractivity contribution in [1.29, 1.82) is 5.41 Å². The predicted molar refractivity (Wildman–Crippen MR) is 355 cm³/mol. The fourth-order valence-electron chi connectivity index (χ4n) is 9.73. The number of benzene rings is 2. The standard InChI is InChI=1S/C63H93N15O24/c1-5-31(4)51(61(100)76-44(62(101)102)26-33-13-17-35(80)18-14-33)78-59(98)43(29-49(89)90)74-57(96)41(25-32-11-15-34(79)16-12-32)73-53(92)38(10-8-24-68-63(66)67)70-54(93)39(19-21-45(81)82)71-55(94)40(20-22-46(83)84)72-58(97)42(28-48(87)88)75-60(99)50(30(2)3)77-56(95)37(9-6-7-23-64)69-52(91)36(65)27-47(85)86/h11-18,30-31,36-44,50-51,79-80H,5-10,19-29,64-65H2,1-4H3,(H,69,91)(H,70,93)(H,71,94)(H,72,97)(H,73,92)(H,74,96)(H,75,99)(H,76,100)(H,77,95)(H,78,98)(H,81,82)(H,83,84)(H,85,86)(H,87,88)(H,89,90)(H,101,102)(H4,66,67,68)/t31-,36-,37-,38-,39-,40-,41-,42-,43-,44-,50-,51-/m0/s1. The minimum Gasteiger partial charge on any atom is -0.508 e. The topological polar surface area (TPSA) is 669 Å². The Morgan fingerprint density at radius 2 is 0.755 bits per heavy atom. The average Bonchev–Trinajstić information content (AvgIpc) is 0.853. The van der Waals surface area contributed by atoms with Gasteiger partial charge in [0.1, 0.15) is 71.9 Å². The zero-order valence-electron chi connectivity index (χ0n) is 56.5. The lowest BCUT2D eigenvalue weighted by molar-refractivity contribution is -0.143. The molecule has 0 unspecified atom stereocenters. The molecule has 39 nitrogen and oxygen atoms in total. The van der Waals surface area contributed by atoms with Gasteiger partial charge in [-0.1, -0.05) is 58.4 Å². The Kier molecular flexibility index (Phi) is 37.5. The third-order valence-electron chi connectivity index (χ3n) is 15.6. The van der Waals surface area contributed by atoms with Gasteiger partial charge in [0.2, 0.25) is 59.1 Å². The van der Waals surface area contributed by atoms with Gasteiger partial charge in [0, 0.05) is 32.2 Å². The summed E-state index contributed by atoms with van der Waals surface area (Å²) < 4.78 is 0. The van der Waals surface area contributed by atoms with Crippen molar-refractivity contribution in [3.63, 3.8) is 0 Å². The second-order valence-corrected chi connectivity index (χ2v) is 24.2. The molecule has 2 aromatic carbocycles. The Bertz CT molecular complexity index is 3280. The van der Waals surface area contributed by atoms with Crippen LogP contribution < -0.4 is 75.7 Å². The zero-order chi connectivity index (χ0) is 77.1. The number of carboxylic acids is 6. The van der Waals surface area contributed by atoms with Crippen LogP contribution in [0.3, 0.4) is 0 Å². The van der Waals surface area contributed by atoms with Crippen LogP contribution in [0, 0.1) is 17.2 Å². The molecule has 0 saturated carbocycles. The molecule has 0 bridgehead atoms. The second-order valence-electron chi connectivity index (χ2n) is 24.2. The van der Waals surface area contributed by atoms with Gasteiger partial charge < -0.3 is 117 Å². The van der Waals surface area contributed by atoms with Crippen molar-refractivity contribution in [2.75, 3.05) is 13.1 Å². The van der Waals surface area contributed by atoms with E-state index in [9.17, 15) is 112 Å². The molecule has 0 aromatic heterocycles. The molecule has 564 valence electrons. The third-order valence-corrected chi connectivity index (χ3v) is 15.6. The summed E-state index contributed by atoms with van der Waals surface area (Å²) in [5, 5.41) is 111. The van der Waals surface area contributed by atoms with E-state index >= 15 is 0 Å². The Morgan fingerprint density at radius 3 is 1.17 bits per heavy atom. The van der Waals surface area contributed by atoms with E-state index in [1.54, 1.807) is 6.92 Å². The highest BCUT2D eigenvalue weighted by molar-refractivity contribution is 6.00. The first-order valence-electron chi connectivity index (χ1n) is 32.3. The lowest BCUT2D eigenvalue weighted by Gasteiger charge is -2.29. The molecule has 0 saturated heterocycles. The maximum absolute atomic E-state index is 14.6. The number of guanidine groups is 1. The molecule has 0 radical (unpaired) electrons. The van der Waals surface area contributed by atoms with Crippen molar-refractivity contribution >= 4 is 101 Å². The van der Waals surface area contributed by atoms with Crippen LogP contribution >= 0.6 is 0 Å². The van der Waals surface area contributed by atoms with Crippen LogP contribution in [-0.4, -0.2) is 221 Å². The zero-order valence-corrected chi connectivity index (χ0v) is 56.5. The predicted octanol–water partition coefficient (Wildman–Crippen LogP) is -4.61. The van der Waals surface area contributed by atoms with E-state index in [0.29, 0.717) is 12.0 Å². The molecule has 0 aliphatic rings. The Morgan fingerprint density at radius 1 is 0.412 bits per heavy atom. The van der Waals surface area contributed by atoms with E-state index in [2.05, 4.69) is 58.5 Å². The summed E-state index contributed by atoms with van der Waals surface area (Å²) in [5.41, 5.74) is 17.3. The molecule has 0 aliphatic carbocycles. The first-order chi connectivity index (χ1) is 47.8. The maximum atomic E-state index is 14.6. The number of hydrogen-bond acceptors (Lipinski definition) is 21. The van der Waals surface area contributed by atoms with Crippen LogP contribution in [0.1, 0.15) is 122 Å². The van der Waals surface area contributed by atoms with E-state index in [4.69, 9.17) is 27.7 Å². The number of aromatic hydroxyl groups is 2. The molecular weight excluding hydrogens is 1350 g/mol. The highest BCUT2D eigenvalue weighted by Gasteiger charge is 2.39. The summed E-state index contributed by atoms with van der Waals surface area (Å²) >= 11 is 0. The first kappa shape index (κ1) is 86.8. The first-order valence-corrected chi connectivity index (χ1v) is 32.3. The third kappa shape index (κ3) is 32.6. The van der Waals surface area contributed by atoms with Crippen LogP contribution in [-0.2, 0) is 89.6 Å². The van der Waals surface area contributed by atoms with Crippen LogP contribution in [0.5, 0.6) is 11.5 Å². The number of rotatable bonds is 48. The molecule has 0 heterocycles. The molecule has 0 fully saturated rings. The van der Waals surface area contributed by atoms with Gasteiger partial charge in [-0.25, -0.2) is 4.79 Å². The molecule has 12 atom stereocenters. The van der Waals surface area contributed by atoms with Crippen LogP contribution in [0.4, 0.5) is 0 Å². The Hall–Kier alpha value is -11.3. The average molecular weight is 1440 g/mol. The van der Waals surface area contributed by atoms with Gasteiger partial charge >= 0.3 is 35.8 Å². The number of hydrogen-bond donors (Lipinski definition) is 23. The number of phenols is 2. The molecule has 2 aromatic rings. The summed E-state index contributed by atoms with van der Waals surface area (Å²) in [4.78, 5) is 213. The number of aliphatic carboxylic acids is 6. The lowest BCUT2D eigenvalue weighted by atomic mass is 9.96. The number of phenolic OH excluding ortho intramolecular Hbond substituents is 2. The van der Waals surface area contributed by atoms with Gasteiger partial charge in [-0.2, -0.15) is 0 Å². The normalized spacial score (nSPS) is 14.5. The van der Waals surface area contributed by atoms with Crippen molar-refractivity contribution in [3.05, 3.63) is 59.7 Å². The maximum Gasteiger partial charge on any atom is 0.326 e. The smallest absolute Gasteiger partial charge is 0.326 e. The minimum atomic E-state index is -2.13. The van der Waals surface area contributed by atoms with Crippen molar-refractivity contribution in [2.24, 2.45) is 29.0 Å². The number of nitrogens with two attached hydrogens (primary N) is 3. The summed E-state index contributed by atoms with van der Waals surface area (Å²) in [7, 11) is 0. The number of carbonyl (C=O) groups is 16. The van der Waals surface area contributed by atoms with Gasteiger partial charge in [-0.15, -0.1) is 0 Å². The van der Waals surface area contributed by atoms with Crippen LogP contribution in [0.2, 0.25) is 0 Å². The Balaban J connectivity index is 2.63. The van der Waals surface area contributed by atoms with Crippen molar-refractivity contribution < 1.29 is 118 Å². The van der Waals surface area contributed by atoms with Gasteiger partial charge in [0.25, 0.3) is 0 Å². The summed E-state index contributed by atoms with van der Waals surface area (Å²) in [6.07, 6.45) is -7.35. The van der Waals surface area contributed by atoms with Gasteiger partial charge in [0.05, 0.1) is 25.3 Å². The van der Waals surface area contributed by atoms with Gasteiger partial charge in [-0.05, 0) is 98.7 Å². The SMILES string of the molecule is CC[C@H](C)[C@H](NC(=O)[C@H](CC(=O)O)NC(=O)[C@H](Cc1ccc(O)cc1)NC(=O)[C@H](CCCNC(=N)N)NC(=O)[C@H](CCC(=O)O)NC(=O)[C@H](CCC(=O)O)NC(=O)[C@H](CC(=O)O)NC(=O)[C@@H](NC(=O)[C@H](CCCCN)NC(=O)[C@@H](N)CC(=O)O)C(C)C)C(=O)N[C@@H](Cc1ccc(O)cc1)C(=O)O. The van der Waals surface area contributed by atoms with Crippen LogP contribution in [0.25, 0.3) is 0 Å². The van der Waals surface area contributed by atoms with Crippen LogP contribution in [0.15, 0.2) is 48.5 Å². The van der Waals surface area contributed by atoms with E-state index in [1.165, 1.54) is 69.3 Å². The highest BCUT2D eigenvalue weighted by atomic mass is 16.4. The van der Waals surface area contributed by atoms with Crippen molar-refractivity contribution in [1.82, 2.24) is 58.5 Å². The molecular formula is C63H93N15O24. The molecule has 39 heteroatoms. The summed E-state index contributed by atoms with van der Waals surface area (Å²) in [6, 6.07) is -9.29. The van der Waals surface area contributed by atoms with E-state index < -0.39 is 237 Å². The lowest BCUT2D eigenvalue weighted by Crippen LogP contribution is -2.61. The molecule has 102 heavy (non-hydrogen) atoms. The van der Waals surface area contributed by atoms with Crippen molar-refractivity contribution in [2.45, 2.75) is 190 Å². The molecule has 2 rings (SSSR count). The number of unbranched alkanes of at least 4 members (excludes halogenated alkanes) is 1. The molecule has 0 aliphatic heterocycles. The Labute approximate surface area is 584 Å². The number of carboxylic acid groups (broad SMARTS) is 6. The fourth-order valence-corrected chi connectivity index (χ4v) is 9.73. The van der Waals surface area contributed by atoms with E-state index in [-0.39, 0.29) is 62.3 Å². The number of nitrogens with one attached hydrogen (secondary N) is 12. The van der Waals surface area contributed by atoms with Gasteiger partial charge in [0.15, 0.2) is 5.96 Å². The fraction of sp³-hybridized carbons (Fsp3) is 0.540. The number of amides is 10. The van der Waals surface area contributed by atoms with E-state index in [1.807, 2.05) is 0 Å². The monoisotopic (exact) mass is 1440 g/mol. The second kappa shape index (κ2) is 44.0. The molecule has 0 spiro atoms. The number of carbonyl (C=O) groups excluding carboxylic acids is 10.